The Morgan fingerprint density at radius 3 is 1.73 bits per heavy atom. The summed E-state index contributed by atoms with van der Waals surface area (Å²) in [6.45, 7) is 11.9. The van der Waals surface area contributed by atoms with Gasteiger partial charge in [0, 0.05) is 24.2 Å². The molecule has 0 spiro atoms. The number of aliphatic imine (C=N–C) groups is 1. The fraction of sp³-hybridized carbons (Fsp3) is 0.489. The Kier molecular flexibility index (Phi) is 12.6. The number of aromatic amines is 1. The second kappa shape index (κ2) is 17.9. The van der Waals surface area contributed by atoms with Crippen LogP contribution in [0.2, 0.25) is 0 Å². The smallest absolute Gasteiger partial charge is 0.407 e. The van der Waals surface area contributed by atoms with Crippen LogP contribution in [0, 0.1) is 11.8 Å². The number of amides is 4. The first-order chi connectivity index (χ1) is 28.8. The summed E-state index contributed by atoms with van der Waals surface area (Å²) in [6.07, 6.45) is 4.47. The van der Waals surface area contributed by atoms with Crippen molar-refractivity contribution in [2.24, 2.45) is 16.8 Å². The lowest BCUT2D eigenvalue weighted by Crippen LogP contribution is -2.55. The first-order valence-electron chi connectivity index (χ1n) is 21.5. The summed E-state index contributed by atoms with van der Waals surface area (Å²) in [5.74, 6) is 0.328. The topological polar surface area (TPSA) is 158 Å². The van der Waals surface area contributed by atoms with Crippen LogP contribution in [-0.2, 0) is 25.5 Å². The number of aromatic nitrogens is 2. The number of carbonyl (C=O) groups is 4. The van der Waals surface area contributed by atoms with Gasteiger partial charge in [0.15, 0.2) is 0 Å². The second-order valence-electron chi connectivity index (χ2n) is 17.1. The largest absolute Gasteiger partial charge is 0.453 e. The summed E-state index contributed by atoms with van der Waals surface area (Å²) in [5.41, 5.74) is 9.10. The van der Waals surface area contributed by atoms with Crippen LogP contribution in [0.1, 0.15) is 97.5 Å². The van der Waals surface area contributed by atoms with Crippen LogP contribution < -0.4 is 10.6 Å². The Balaban J connectivity index is 1.06. The fourth-order valence-corrected chi connectivity index (χ4v) is 9.37. The lowest BCUT2D eigenvalue weighted by Gasteiger charge is -2.34. The Hall–Kier alpha value is -5.72. The van der Waals surface area contributed by atoms with Crippen LogP contribution in [-0.4, -0.2) is 93.9 Å². The zero-order valence-corrected chi connectivity index (χ0v) is 36.1. The van der Waals surface area contributed by atoms with Gasteiger partial charge in [-0.05, 0) is 102 Å². The molecule has 1 aromatic heterocycles. The van der Waals surface area contributed by atoms with Crippen molar-refractivity contribution in [3.05, 3.63) is 72.1 Å². The molecule has 3 aliphatic heterocycles. The highest BCUT2D eigenvalue weighted by Crippen LogP contribution is 2.40. The number of carbonyl (C=O) groups excluding carboxylic acids is 4. The molecule has 13 nitrogen and oxygen atoms in total. The number of H-pyrrole nitrogens is 1. The number of alkyl carbamates (subject to hydrolysis) is 2. The van der Waals surface area contributed by atoms with Crippen molar-refractivity contribution in [3.63, 3.8) is 0 Å². The molecule has 0 saturated carbocycles. The summed E-state index contributed by atoms with van der Waals surface area (Å²) in [4.78, 5) is 69.8. The van der Waals surface area contributed by atoms with E-state index < -0.39 is 24.3 Å². The molecule has 318 valence electrons. The molecule has 4 amide bonds. The van der Waals surface area contributed by atoms with Gasteiger partial charge in [-0.25, -0.2) is 14.6 Å². The molecule has 0 bridgehead atoms. The van der Waals surface area contributed by atoms with E-state index in [1.807, 2.05) is 43.6 Å². The highest BCUT2D eigenvalue weighted by atomic mass is 16.5. The number of rotatable bonds is 12. The lowest BCUT2D eigenvalue weighted by molar-refractivity contribution is -0.138. The van der Waals surface area contributed by atoms with E-state index in [1.54, 1.807) is 0 Å². The molecular weight excluding hydrogens is 759 g/mol. The minimum atomic E-state index is -0.704. The van der Waals surface area contributed by atoms with Crippen LogP contribution in [0.3, 0.4) is 0 Å². The summed E-state index contributed by atoms with van der Waals surface area (Å²) in [6, 6.07) is 19.5. The number of hydrogen-bond acceptors (Lipinski definition) is 8. The number of ether oxygens (including phenoxy) is 2. The number of benzene rings is 3. The molecule has 13 heteroatoms. The molecule has 2 saturated heterocycles. The van der Waals surface area contributed by atoms with Gasteiger partial charge in [-0.3, -0.25) is 14.6 Å². The van der Waals surface area contributed by atoms with E-state index in [0.717, 1.165) is 94.6 Å². The number of nitrogens with one attached hydrogen (secondary N) is 3. The minimum Gasteiger partial charge on any atom is -0.453 e. The van der Waals surface area contributed by atoms with E-state index >= 15 is 0 Å². The predicted octanol–water partition coefficient (Wildman–Crippen LogP) is 8.50. The molecule has 60 heavy (non-hydrogen) atoms. The van der Waals surface area contributed by atoms with E-state index in [-0.39, 0.29) is 47.8 Å². The minimum absolute atomic E-state index is 0.0495. The highest BCUT2D eigenvalue weighted by molar-refractivity contribution is 6.01. The monoisotopic (exact) mass is 817 g/mol. The molecule has 7 rings (SSSR count). The zero-order chi connectivity index (χ0) is 42.8. The molecule has 4 heterocycles. The van der Waals surface area contributed by atoms with E-state index in [0.29, 0.717) is 6.42 Å². The van der Waals surface area contributed by atoms with Gasteiger partial charge in [-0.15, -0.1) is 0 Å². The average molecular weight is 818 g/mol. The number of fused-ring (bicyclic) bond motifs is 2. The number of nitrogens with zero attached hydrogens (tertiary/aromatic N) is 4. The lowest BCUT2D eigenvalue weighted by atomic mass is 9.96. The molecule has 0 unspecified atom stereocenters. The summed E-state index contributed by atoms with van der Waals surface area (Å²) < 4.78 is 9.67. The quantitative estimate of drug-likeness (QED) is 0.129. The summed E-state index contributed by atoms with van der Waals surface area (Å²) >= 11 is 0. The fourth-order valence-electron chi connectivity index (χ4n) is 9.37. The number of imidazole rings is 1. The Labute approximate surface area is 352 Å². The molecule has 0 aliphatic carbocycles. The van der Waals surface area contributed by atoms with Gasteiger partial charge in [0.2, 0.25) is 11.8 Å². The van der Waals surface area contributed by atoms with E-state index in [9.17, 15) is 19.2 Å². The van der Waals surface area contributed by atoms with Crippen molar-refractivity contribution in [1.82, 2.24) is 30.4 Å². The Morgan fingerprint density at radius 2 is 1.20 bits per heavy atom. The SMILES string of the molecule is CC[C@@H]1CC[C@@H](C2=Nc3ccc(-c4ccc(-c5ccc6nc([C@@H]7CC[C@@H](CC)N7C(=O)[C@@H](NC(=O)OC)C(C)C)[nH]c6c5)cc4)cc3C2)N1C(=O)[C@@H](NC(=O)OC)C(C)C. The maximum absolute atomic E-state index is 14.0. The molecule has 0 radical (unpaired) electrons. The molecule has 4 aromatic rings. The van der Waals surface area contributed by atoms with Crippen LogP contribution >= 0.6 is 0 Å². The van der Waals surface area contributed by atoms with Gasteiger partial charge in [0.05, 0.1) is 43.0 Å². The predicted molar refractivity (Wildman–Crippen MR) is 233 cm³/mol. The molecule has 2 fully saturated rings. The van der Waals surface area contributed by atoms with Gasteiger partial charge in [-0.1, -0.05) is 77.9 Å². The van der Waals surface area contributed by atoms with E-state index in [2.05, 4.69) is 84.1 Å². The van der Waals surface area contributed by atoms with E-state index in [1.165, 1.54) is 14.2 Å². The number of hydrogen-bond donors (Lipinski definition) is 3. The molecule has 3 aromatic carbocycles. The molecule has 3 aliphatic rings. The second-order valence-corrected chi connectivity index (χ2v) is 17.1. The van der Waals surface area contributed by atoms with Crippen molar-refractivity contribution < 1.29 is 28.7 Å². The first-order valence-corrected chi connectivity index (χ1v) is 21.5. The third-order valence-corrected chi connectivity index (χ3v) is 12.7. The molecule has 3 N–H and O–H groups in total. The normalized spacial score (nSPS) is 20.9. The number of likely N-dealkylation sites (tertiary alicyclic amines) is 2. The highest BCUT2D eigenvalue weighted by Gasteiger charge is 2.44. The molecular formula is C47H59N7O6. The van der Waals surface area contributed by atoms with Crippen molar-refractivity contribution in [2.75, 3.05) is 14.2 Å². The Bertz CT molecular complexity index is 2270. The van der Waals surface area contributed by atoms with Crippen molar-refractivity contribution in [1.29, 1.82) is 0 Å². The summed E-state index contributed by atoms with van der Waals surface area (Å²) in [7, 11) is 2.62. The van der Waals surface area contributed by atoms with Crippen molar-refractivity contribution in [2.45, 2.75) is 123 Å². The van der Waals surface area contributed by atoms with Crippen molar-refractivity contribution in [3.8, 4) is 22.3 Å². The van der Waals surface area contributed by atoms with Gasteiger partial charge in [0.25, 0.3) is 0 Å². The zero-order valence-electron chi connectivity index (χ0n) is 36.1. The third kappa shape index (κ3) is 8.35. The van der Waals surface area contributed by atoms with Gasteiger partial charge in [0.1, 0.15) is 17.9 Å². The average Bonchev–Trinajstić information content (AvgIpc) is 4.07. The van der Waals surface area contributed by atoms with Gasteiger partial charge < -0.3 is 34.9 Å². The standard InChI is InChI=1S/C47H59N7O6/c1-9-33-17-21-39(53(33)44(55)41(26(3)4)51-46(57)59-7)38-25-32-23-30(15-19-35(32)48-38)28-11-13-29(14-12-28)31-16-20-36-37(24-31)50-43(49-36)40-22-18-34(10-2)54(40)45(56)42(27(5)6)52-47(58)60-8/h11-16,19-20,23-24,26-27,33-34,39-42H,9-10,17-18,21-22,25H2,1-8H3,(H,49,50)(H,51,57)(H,52,58)/t33-,34-,39+,40+,41+,42+/m1/s1. The molecule has 6 atom stereocenters. The van der Waals surface area contributed by atoms with Gasteiger partial charge in [-0.2, -0.15) is 0 Å². The van der Waals surface area contributed by atoms with Crippen molar-refractivity contribution >= 4 is 46.4 Å². The van der Waals surface area contributed by atoms with Crippen LogP contribution in [0.25, 0.3) is 33.3 Å². The third-order valence-electron chi connectivity index (χ3n) is 12.7. The Morgan fingerprint density at radius 1 is 0.700 bits per heavy atom. The maximum Gasteiger partial charge on any atom is 0.407 e. The van der Waals surface area contributed by atoms with Crippen LogP contribution in [0.15, 0.2) is 65.7 Å². The number of methoxy groups -OCH3 is 2. The van der Waals surface area contributed by atoms with Crippen LogP contribution in [0.5, 0.6) is 0 Å². The van der Waals surface area contributed by atoms with Gasteiger partial charge >= 0.3 is 12.2 Å². The first kappa shape index (κ1) is 42.4. The summed E-state index contributed by atoms with van der Waals surface area (Å²) in [5, 5.41) is 5.53. The van der Waals surface area contributed by atoms with Crippen LogP contribution in [0.4, 0.5) is 15.3 Å². The van der Waals surface area contributed by atoms with E-state index in [4.69, 9.17) is 19.5 Å². The maximum atomic E-state index is 14.0.